The zero-order valence-corrected chi connectivity index (χ0v) is 11.5. The number of ketones is 1. The summed E-state index contributed by atoms with van der Waals surface area (Å²) in [5, 5.41) is 12.3. The van der Waals surface area contributed by atoms with E-state index < -0.39 is 12.0 Å². The van der Waals surface area contributed by atoms with Crippen molar-refractivity contribution in [2.24, 2.45) is 5.92 Å². The van der Waals surface area contributed by atoms with Crippen LogP contribution in [0, 0.1) is 5.92 Å². The van der Waals surface area contributed by atoms with Crippen LogP contribution in [-0.4, -0.2) is 29.4 Å². The molecule has 0 saturated heterocycles. The van der Waals surface area contributed by atoms with Crippen molar-refractivity contribution in [1.29, 1.82) is 0 Å². The van der Waals surface area contributed by atoms with E-state index in [2.05, 4.69) is 5.32 Å². The first-order chi connectivity index (χ1) is 9.68. The van der Waals surface area contributed by atoms with Gasteiger partial charge in [0, 0.05) is 5.56 Å². The number of carboxylic acid groups (broad SMARTS) is 1. The fraction of sp³-hybridized carbons (Fsp3) is 0.500. The monoisotopic (exact) mass is 275 g/mol. The van der Waals surface area contributed by atoms with Crippen molar-refractivity contribution in [2.75, 3.05) is 6.54 Å². The molecule has 0 heterocycles. The van der Waals surface area contributed by atoms with Gasteiger partial charge in [-0.2, -0.15) is 0 Å². The minimum Gasteiger partial charge on any atom is -0.480 e. The third-order valence-electron chi connectivity index (χ3n) is 3.97. The van der Waals surface area contributed by atoms with Gasteiger partial charge in [0.1, 0.15) is 6.04 Å². The minimum absolute atomic E-state index is 0.0624. The van der Waals surface area contributed by atoms with Crippen LogP contribution < -0.4 is 5.32 Å². The summed E-state index contributed by atoms with van der Waals surface area (Å²) >= 11 is 0. The van der Waals surface area contributed by atoms with Gasteiger partial charge in [-0.05, 0) is 18.8 Å². The normalized spacial score (nSPS) is 17.6. The number of carbonyl (C=O) groups is 2. The number of aliphatic carboxylic acids is 1. The molecule has 1 unspecified atom stereocenters. The molecule has 1 aliphatic rings. The first-order valence-corrected chi connectivity index (χ1v) is 7.23. The summed E-state index contributed by atoms with van der Waals surface area (Å²) in [4.78, 5) is 23.4. The minimum atomic E-state index is -0.849. The molecule has 4 heteroatoms. The van der Waals surface area contributed by atoms with Crippen molar-refractivity contribution in [3.8, 4) is 0 Å². The molecule has 0 radical (unpaired) electrons. The fourth-order valence-electron chi connectivity index (χ4n) is 2.85. The molecule has 1 fully saturated rings. The number of Topliss-reactive ketones (excluding diaryl/α,β-unsaturated/α-hetero) is 1. The number of carbonyl (C=O) groups excluding carboxylic acids is 1. The van der Waals surface area contributed by atoms with Gasteiger partial charge in [-0.25, -0.2) is 0 Å². The molecule has 1 saturated carbocycles. The Morgan fingerprint density at radius 2 is 1.80 bits per heavy atom. The van der Waals surface area contributed by atoms with Gasteiger partial charge in [-0.15, -0.1) is 0 Å². The van der Waals surface area contributed by atoms with E-state index in [-0.39, 0.29) is 18.2 Å². The van der Waals surface area contributed by atoms with Crippen molar-refractivity contribution in [3.05, 3.63) is 35.9 Å². The van der Waals surface area contributed by atoms with E-state index in [0.29, 0.717) is 5.56 Å². The largest absolute Gasteiger partial charge is 0.480 e. The molecule has 0 aliphatic heterocycles. The molecule has 0 bridgehead atoms. The third-order valence-corrected chi connectivity index (χ3v) is 3.97. The van der Waals surface area contributed by atoms with E-state index in [1.807, 2.05) is 18.2 Å². The molecule has 0 amide bonds. The average Bonchev–Trinajstić information content (AvgIpc) is 2.49. The highest BCUT2D eigenvalue weighted by atomic mass is 16.4. The molecule has 1 aromatic carbocycles. The Hall–Kier alpha value is -1.68. The lowest BCUT2D eigenvalue weighted by Gasteiger charge is -2.27. The van der Waals surface area contributed by atoms with Crippen LogP contribution in [-0.2, 0) is 4.79 Å². The van der Waals surface area contributed by atoms with Gasteiger partial charge in [-0.1, -0.05) is 49.6 Å². The Kier molecular flexibility index (Phi) is 5.30. The second-order valence-electron chi connectivity index (χ2n) is 5.38. The summed E-state index contributed by atoms with van der Waals surface area (Å²) in [6.45, 7) is 0.0808. The molecule has 4 nitrogen and oxygen atoms in total. The predicted molar refractivity (Wildman–Crippen MR) is 76.8 cm³/mol. The van der Waals surface area contributed by atoms with Gasteiger partial charge in [-0.3, -0.25) is 14.9 Å². The smallest absolute Gasteiger partial charge is 0.320 e. The van der Waals surface area contributed by atoms with Gasteiger partial charge in [0.15, 0.2) is 5.78 Å². The maximum Gasteiger partial charge on any atom is 0.320 e. The van der Waals surface area contributed by atoms with Gasteiger partial charge in [0.2, 0.25) is 0 Å². The van der Waals surface area contributed by atoms with Crippen LogP contribution in [0.15, 0.2) is 30.3 Å². The van der Waals surface area contributed by atoms with Crippen LogP contribution in [0.3, 0.4) is 0 Å². The lowest BCUT2D eigenvalue weighted by atomic mass is 9.84. The Morgan fingerprint density at radius 3 is 2.40 bits per heavy atom. The molecule has 2 N–H and O–H groups in total. The topological polar surface area (TPSA) is 66.4 Å². The first kappa shape index (κ1) is 14.7. The van der Waals surface area contributed by atoms with Gasteiger partial charge >= 0.3 is 5.97 Å². The summed E-state index contributed by atoms with van der Waals surface area (Å²) < 4.78 is 0. The lowest BCUT2D eigenvalue weighted by molar-refractivity contribution is -0.141. The quantitative estimate of drug-likeness (QED) is 0.783. The maximum absolute atomic E-state index is 12.0. The van der Waals surface area contributed by atoms with Crippen molar-refractivity contribution >= 4 is 11.8 Å². The summed E-state index contributed by atoms with van der Waals surface area (Å²) in [7, 11) is 0. The third kappa shape index (κ3) is 3.90. The van der Waals surface area contributed by atoms with E-state index >= 15 is 0 Å². The summed E-state index contributed by atoms with van der Waals surface area (Å²) in [6, 6.07) is 8.36. The van der Waals surface area contributed by atoms with Crippen molar-refractivity contribution in [3.63, 3.8) is 0 Å². The lowest BCUT2D eigenvalue weighted by Crippen LogP contribution is -2.45. The highest BCUT2D eigenvalue weighted by molar-refractivity contribution is 5.97. The number of rotatable bonds is 6. The van der Waals surface area contributed by atoms with Gasteiger partial charge < -0.3 is 5.11 Å². The Morgan fingerprint density at radius 1 is 1.15 bits per heavy atom. The number of carboxylic acids is 1. The Balaban J connectivity index is 1.92. The molecule has 1 aliphatic carbocycles. The summed E-state index contributed by atoms with van der Waals surface area (Å²) in [5.41, 5.74) is 0.618. The fourth-order valence-corrected chi connectivity index (χ4v) is 2.85. The number of nitrogens with one attached hydrogen (secondary N) is 1. The predicted octanol–water partition coefficient (Wildman–Crippen LogP) is 2.49. The maximum atomic E-state index is 12.0. The van der Waals surface area contributed by atoms with Crippen LogP contribution >= 0.6 is 0 Å². The van der Waals surface area contributed by atoms with Crippen LogP contribution in [0.5, 0.6) is 0 Å². The molecular weight excluding hydrogens is 254 g/mol. The molecule has 20 heavy (non-hydrogen) atoms. The van der Waals surface area contributed by atoms with E-state index in [1.165, 1.54) is 6.42 Å². The first-order valence-electron chi connectivity index (χ1n) is 7.23. The molecule has 2 rings (SSSR count). The van der Waals surface area contributed by atoms with Crippen LogP contribution in [0.4, 0.5) is 0 Å². The highest BCUT2D eigenvalue weighted by Crippen LogP contribution is 2.26. The number of benzene rings is 1. The van der Waals surface area contributed by atoms with Crippen LogP contribution in [0.2, 0.25) is 0 Å². The van der Waals surface area contributed by atoms with E-state index in [4.69, 9.17) is 0 Å². The SMILES string of the molecule is O=C(CNC(C(=O)O)C1CCCCC1)c1ccccc1. The number of hydrogen-bond acceptors (Lipinski definition) is 3. The highest BCUT2D eigenvalue weighted by Gasteiger charge is 2.29. The van der Waals surface area contributed by atoms with Gasteiger partial charge in [0.05, 0.1) is 6.54 Å². The molecule has 0 aromatic heterocycles. The summed E-state index contributed by atoms with van der Waals surface area (Å²) in [5.74, 6) is -0.768. The molecule has 1 atom stereocenters. The average molecular weight is 275 g/mol. The molecular formula is C16H21NO3. The van der Waals surface area contributed by atoms with Crippen molar-refractivity contribution in [1.82, 2.24) is 5.32 Å². The van der Waals surface area contributed by atoms with E-state index in [9.17, 15) is 14.7 Å². The van der Waals surface area contributed by atoms with Crippen molar-refractivity contribution in [2.45, 2.75) is 38.1 Å². The Labute approximate surface area is 119 Å². The molecule has 1 aromatic rings. The number of hydrogen-bond donors (Lipinski definition) is 2. The van der Waals surface area contributed by atoms with E-state index in [1.54, 1.807) is 12.1 Å². The standard InChI is InChI=1S/C16H21NO3/c18-14(12-7-3-1-4-8-12)11-17-15(16(19)20)13-9-5-2-6-10-13/h1,3-4,7-8,13,15,17H,2,5-6,9-11H2,(H,19,20). The van der Waals surface area contributed by atoms with E-state index in [0.717, 1.165) is 25.7 Å². The zero-order valence-electron chi connectivity index (χ0n) is 11.5. The van der Waals surface area contributed by atoms with Crippen LogP contribution in [0.1, 0.15) is 42.5 Å². The molecule has 0 spiro atoms. The Bertz CT molecular complexity index is 452. The second kappa shape index (κ2) is 7.20. The second-order valence-corrected chi connectivity index (χ2v) is 5.38. The van der Waals surface area contributed by atoms with Crippen LogP contribution in [0.25, 0.3) is 0 Å². The summed E-state index contributed by atoms with van der Waals surface area (Å²) in [6.07, 6.45) is 5.23. The van der Waals surface area contributed by atoms with Crippen molar-refractivity contribution < 1.29 is 14.7 Å². The zero-order chi connectivity index (χ0) is 14.4. The van der Waals surface area contributed by atoms with Gasteiger partial charge in [0.25, 0.3) is 0 Å². The molecule has 108 valence electrons.